The molecule has 1 aliphatic rings. The summed E-state index contributed by atoms with van der Waals surface area (Å²) in [5.74, 6) is 1.75. The van der Waals surface area contributed by atoms with Crippen molar-refractivity contribution in [1.82, 2.24) is 15.4 Å². The fourth-order valence-electron chi connectivity index (χ4n) is 2.94. The van der Waals surface area contributed by atoms with E-state index in [-0.39, 0.29) is 0 Å². The van der Waals surface area contributed by atoms with E-state index in [0.29, 0.717) is 19.5 Å². The van der Waals surface area contributed by atoms with E-state index in [2.05, 4.69) is 20.3 Å². The molecule has 0 aromatic rings. The quantitative estimate of drug-likeness (QED) is 0.320. The molecule has 7 heteroatoms. The Morgan fingerprint density at radius 3 is 2.48 bits per heavy atom. The standard InChI is InChI=1S/C16H34N4O2S/c1-3-17-16(19-13-8-14-20-23(2,21)22)18-12-7-11-15-9-5-4-6-10-15/h15,20H,3-14H2,1-2H3,(H2,17,18,19). The lowest BCUT2D eigenvalue weighted by atomic mass is 9.86. The molecule has 0 bridgehead atoms. The molecule has 0 heterocycles. The highest BCUT2D eigenvalue weighted by Crippen LogP contribution is 2.26. The van der Waals surface area contributed by atoms with Gasteiger partial charge in [-0.3, -0.25) is 4.99 Å². The van der Waals surface area contributed by atoms with E-state index in [1.54, 1.807) is 0 Å². The molecule has 1 fully saturated rings. The van der Waals surface area contributed by atoms with Gasteiger partial charge in [-0.2, -0.15) is 0 Å². The number of guanidine groups is 1. The molecule has 0 atom stereocenters. The number of hydrogen-bond donors (Lipinski definition) is 3. The number of aliphatic imine (C=N–C) groups is 1. The molecule has 1 rings (SSSR count). The number of sulfonamides is 1. The topological polar surface area (TPSA) is 82.6 Å². The number of rotatable bonds is 10. The van der Waals surface area contributed by atoms with Crippen molar-refractivity contribution >= 4 is 16.0 Å². The Kier molecular flexibility index (Phi) is 10.3. The van der Waals surface area contributed by atoms with E-state index in [0.717, 1.165) is 25.0 Å². The molecule has 0 amide bonds. The summed E-state index contributed by atoms with van der Waals surface area (Å²) in [6.45, 7) is 4.87. The highest BCUT2D eigenvalue weighted by atomic mass is 32.2. The Bertz CT molecular complexity index is 431. The lowest BCUT2D eigenvalue weighted by Crippen LogP contribution is -2.38. The Morgan fingerprint density at radius 1 is 1.09 bits per heavy atom. The zero-order chi connectivity index (χ0) is 17.0. The molecule has 23 heavy (non-hydrogen) atoms. The van der Waals surface area contributed by atoms with E-state index in [1.165, 1.54) is 51.2 Å². The van der Waals surface area contributed by atoms with Gasteiger partial charge in [0.15, 0.2) is 5.96 Å². The molecule has 0 spiro atoms. The van der Waals surface area contributed by atoms with Gasteiger partial charge in [0, 0.05) is 26.2 Å². The van der Waals surface area contributed by atoms with Crippen LogP contribution in [0.2, 0.25) is 0 Å². The molecule has 0 aromatic carbocycles. The summed E-state index contributed by atoms with van der Waals surface area (Å²) in [4.78, 5) is 4.48. The van der Waals surface area contributed by atoms with Crippen LogP contribution in [0.3, 0.4) is 0 Å². The van der Waals surface area contributed by atoms with Gasteiger partial charge in [-0.15, -0.1) is 0 Å². The summed E-state index contributed by atoms with van der Waals surface area (Å²) in [7, 11) is -3.09. The van der Waals surface area contributed by atoms with Crippen LogP contribution < -0.4 is 15.4 Å². The first-order chi connectivity index (χ1) is 11.0. The Morgan fingerprint density at radius 2 is 1.83 bits per heavy atom. The van der Waals surface area contributed by atoms with Crippen LogP contribution in [0.25, 0.3) is 0 Å². The summed E-state index contributed by atoms with van der Waals surface area (Å²) in [5.41, 5.74) is 0. The average molecular weight is 347 g/mol. The van der Waals surface area contributed by atoms with Crippen LogP contribution in [0.15, 0.2) is 4.99 Å². The third-order valence-corrected chi connectivity index (χ3v) is 4.85. The van der Waals surface area contributed by atoms with Crippen molar-refractivity contribution in [3.63, 3.8) is 0 Å². The van der Waals surface area contributed by atoms with Crippen molar-refractivity contribution in [2.75, 3.05) is 32.4 Å². The van der Waals surface area contributed by atoms with Crippen LogP contribution in [0.1, 0.15) is 58.3 Å². The van der Waals surface area contributed by atoms with Crippen LogP contribution in [0.4, 0.5) is 0 Å². The molecule has 3 N–H and O–H groups in total. The third kappa shape index (κ3) is 11.4. The fraction of sp³-hybridized carbons (Fsp3) is 0.938. The summed E-state index contributed by atoms with van der Waals surface area (Å²) < 4.78 is 24.4. The van der Waals surface area contributed by atoms with Gasteiger partial charge < -0.3 is 10.6 Å². The first-order valence-electron chi connectivity index (χ1n) is 8.98. The van der Waals surface area contributed by atoms with Crippen molar-refractivity contribution < 1.29 is 8.42 Å². The summed E-state index contributed by atoms with van der Waals surface area (Å²) in [6.07, 6.45) is 11.4. The fourth-order valence-corrected chi connectivity index (χ4v) is 3.46. The van der Waals surface area contributed by atoms with Crippen molar-refractivity contribution in [3.8, 4) is 0 Å². The zero-order valence-corrected chi connectivity index (χ0v) is 15.6. The highest BCUT2D eigenvalue weighted by Gasteiger charge is 2.12. The van der Waals surface area contributed by atoms with E-state index in [9.17, 15) is 8.42 Å². The normalized spacial score (nSPS) is 17.2. The summed E-state index contributed by atoms with van der Waals surface area (Å²) in [5, 5.41) is 6.60. The Labute approximate surface area is 142 Å². The van der Waals surface area contributed by atoms with E-state index < -0.39 is 10.0 Å². The predicted octanol–water partition coefficient (Wildman–Crippen LogP) is 1.84. The molecule has 1 saturated carbocycles. The maximum absolute atomic E-state index is 11.0. The molecule has 136 valence electrons. The van der Waals surface area contributed by atoms with Crippen LogP contribution in [-0.4, -0.2) is 46.8 Å². The first kappa shape index (κ1) is 20.2. The van der Waals surface area contributed by atoms with Gasteiger partial charge in [0.1, 0.15) is 0 Å². The molecular weight excluding hydrogens is 312 g/mol. The molecule has 0 aromatic heterocycles. The van der Waals surface area contributed by atoms with Crippen molar-refractivity contribution in [3.05, 3.63) is 0 Å². The minimum atomic E-state index is -3.09. The van der Waals surface area contributed by atoms with Crippen molar-refractivity contribution in [2.24, 2.45) is 10.9 Å². The van der Waals surface area contributed by atoms with E-state index in [1.807, 2.05) is 6.92 Å². The van der Waals surface area contributed by atoms with Crippen molar-refractivity contribution in [1.29, 1.82) is 0 Å². The highest BCUT2D eigenvalue weighted by molar-refractivity contribution is 7.88. The lowest BCUT2D eigenvalue weighted by Gasteiger charge is -2.21. The second kappa shape index (κ2) is 11.7. The van der Waals surface area contributed by atoms with Crippen LogP contribution in [0.5, 0.6) is 0 Å². The minimum Gasteiger partial charge on any atom is -0.357 e. The Hall–Kier alpha value is -0.820. The molecule has 0 aliphatic heterocycles. The number of hydrogen-bond acceptors (Lipinski definition) is 3. The van der Waals surface area contributed by atoms with Gasteiger partial charge in [-0.1, -0.05) is 32.1 Å². The smallest absolute Gasteiger partial charge is 0.208 e. The second-order valence-corrected chi connectivity index (χ2v) is 8.19. The van der Waals surface area contributed by atoms with Gasteiger partial charge in [0.2, 0.25) is 10.0 Å². The Balaban J connectivity index is 2.15. The molecular formula is C16H34N4O2S. The molecule has 0 saturated heterocycles. The van der Waals surface area contributed by atoms with Crippen LogP contribution >= 0.6 is 0 Å². The van der Waals surface area contributed by atoms with Crippen LogP contribution in [0, 0.1) is 5.92 Å². The SMILES string of the molecule is CCNC(=NCCCNS(C)(=O)=O)NCCCC1CCCCC1. The molecule has 0 unspecified atom stereocenters. The van der Waals surface area contributed by atoms with Gasteiger partial charge >= 0.3 is 0 Å². The third-order valence-electron chi connectivity index (χ3n) is 4.12. The zero-order valence-electron chi connectivity index (χ0n) is 14.7. The summed E-state index contributed by atoms with van der Waals surface area (Å²) >= 11 is 0. The minimum absolute atomic E-state index is 0.434. The summed E-state index contributed by atoms with van der Waals surface area (Å²) in [6, 6.07) is 0. The lowest BCUT2D eigenvalue weighted by molar-refractivity contribution is 0.332. The predicted molar refractivity (Wildman–Crippen MR) is 97.3 cm³/mol. The second-order valence-electron chi connectivity index (χ2n) is 6.35. The monoisotopic (exact) mass is 346 g/mol. The number of nitrogens with zero attached hydrogens (tertiary/aromatic N) is 1. The maximum Gasteiger partial charge on any atom is 0.208 e. The van der Waals surface area contributed by atoms with Gasteiger partial charge in [-0.25, -0.2) is 13.1 Å². The van der Waals surface area contributed by atoms with E-state index >= 15 is 0 Å². The van der Waals surface area contributed by atoms with Crippen molar-refractivity contribution in [2.45, 2.75) is 58.3 Å². The molecule has 0 radical (unpaired) electrons. The molecule has 1 aliphatic carbocycles. The largest absolute Gasteiger partial charge is 0.357 e. The average Bonchev–Trinajstić information content (AvgIpc) is 2.51. The maximum atomic E-state index is 11.0. The first-order valence-corrected chi connectivity index (χ1v) is 10.9. The van der Waals surface area contributed by atoms with Gasteiger partial charge in [-0.05, 0) is 32.1 Å². The van der Waals surface area contributed by atoms with Crippen LogP contribution in [-0.2, 0) is 10.0 Å². The van der Waals surface area contributed by atoms with E-state index in [4.69, 9.17) is 0 Å². The molecule has 6 nitrogen and oxygen atoms in total. The van der Waals surface area contributed by atoms with Gasteiger partial charge in [0.05, 0.1) is 6.26 Å². The number of nitrogens with one attached hydrogen (secondary N) is 3. The van der Waals surface area contributed by atoms with Gasteiger partial charge in [0.25, 0.3) is 0 Å².